The summed E-state index contributed by atoms with van der Waals surface area (Å²) in [7, 11) is 0. The summed E-state index contributed by atoms with van der Waals surface area (Å²) in [6, 6.07) is 7.47. The quantitative estimate of drug-likeness (QED) is 0.222. The number of carboxylic acids is 3. The third-order valence-electron chi connectivity index (χ3n) is 6.77. The fraction of sp³-hybridized carbons (Fsp3) is 0.414. The number of imidazole rings is 1. The molecule has 2 aromatic heterocycles. The van der Waals surface area contributed by atoms with Crippen LogP contribution >= 0.6 is 0 Å². The predicted octanol–water partition coefficient (Wildman–Crippen LogP) is 2.99. The summed E-state index contributed by atoms with van der Waals surface area (Å²) in [6.45, 7) is 3.54. The fourth-order valence-electron chi connectivity index (χ4n) is 4.70. The minimum Gasteiger partial charge on any atom is -0.481 e. The van der Waals surface area contributed by atoms with E-state index < -0.39 is 36.4 Å². The molecule has 12 nitrogen and oxygen atoms in total. The first-order chi connectivity index (χ1) is 19.6. The van der Waals surface area contributed by atoms with Crippen molar-refractivity contribution in [1.82, 2.24) is 14.5 Å². The number of benzene rings is 1. The summed E-state index contributed by atoms with van der Waals surface area (Å²) < 4.78 is 7.83. The highest BCUT2D eigenvalue weighted by Crippen LogP contribution is 2.21. The molecule has 4 rings (SSSR count). The van der Waals surface area contributed by atoms with Crippen molar-refractivity contribution in [2.75, 3.05) is 13.1 Å². The number of allylic oxidation sites excluding steroid dienone is 2. The zero-order valence-corrected chi connectivity index (χ0v) is 22.6. The molecule has 4 N–H and O–H groups in total. The van der Waals surface area contributed by atoms with Crippen LogP contribution < -0.4 is 5.43 Å². The maximum absolute atomic E-state index is 12.9. The molecule has 0 spiro atoms. The molecule has 41 heavy (non-hydrogen) atoms. The Bertz CT molecular complexity index is 1380. The van der Waals surface area contributed by atoms with Gasteiger partial charge in [0.2, 0.25) is 0 Å². The number of carbonyl (C=O) groups is 3. The lowest BCUT2D eigenvalue weighted by Gasteiger charge is -2.28. The second-order valence-corrected chi connectivity index (χ2v) is 10.1. The smallest absolute Gasteiger partial charge is 0.336 e. The minimum atomic E-state index is -2.74. The first-order valence-corrected chi connectivity index (χ1v) is 13.3. The van der Waals surface area contributed by atoms with E-state index in [9.17, 15) is 19.2 Å². The second kappa shape index (κ2) is 14.9. The van der Waals surface area contributed by atoms with Crippen molar-refractivity contribution in [3.8, 4) is 0 Å². The van der Waals surface area contributed by atoms with Crippen LogP contribution in [0.4, 0.5) is 0 Å². The number of aliphatic hydroxyl groups is 1. The van der Waals surface area contributed by atoms with E-state index >= 15 is 0 Å². The molecular weight excluding hydrogens is 534 g/mol. The van der Waals surface area contributed by atoms with E-state index in [1.54, 1.807) is 6.26 Å². The summed E-state index contributed by atoms with van der Waals surface area (Å²) in [4.78, 5) is 49.9. The van der Waals surface area contributed by atoms with Gasteiger partial charge in [0.15, 0.2) is 11.0 Å². The van der Waals surface area contributed by atoms with Crippen LogP contribution in [0.15, 0.2) is 70.6 Å². The van der Waals surface area contributed by atoms with Crippen LogP contribution in [0, 0.1) is 5.92 Å². The highest BCUT2D eigenvalue weighted by atomic mass is 16.4. The van der Waals surface area contributed by atoms with E-state index in [0.29, 0.717) is 23.4 Å². The first kappa shape index (κ1) is 31.2. The van der Waals surface area contributed by atoms with Gasteiger partial charge in [-0.15, -0.1) is 0 Å². The van der Waals surface area contributed by atoms with Crippen LogP contribution in [-0.2, 0) is 27.5 Å². The van der Waals surface area contributed by atoms with Gasteiger partial charge in [0, 0.05) is 44.1 Å². The monoisotopic (exact) mass is 569 g/mol. The largest absolute Gasteiger partial charge is 0.481 e. The van der Waals surface area contributed by atoms with Crippen molar-refractivity contribution < 1.29 is 39.2 Å². The molecular formula is C29H35N3O9. The van der Waals surface area contributed by atoms with Crippen molar-refractivity contribution in [2.24, 2.45) is 5.92 Å². The summed E-state index contributed by atoms with van der Waals surface area (Å²) in [5, 5.41) is 34.5. The van der Waals surface area contributed by atoms with Crippen molar-refractivity contribution in [1.29, 1.82) is 0 Å². The Morgan fingerprint density at radius 2 is 1.83 bits per heavy atom. The second-order valence-electron chi connectivity index (χ2n) is 10.1. The van der Waals surface area contributed by atoms with Crippen molar-refractivity contribution >= 4 is 28.9 Å². The Hall–Kier alpha value is -4.29. The number of aromatic nitrogens is 2. The maximum Gasteiger partial charge on any atom is 0.336 e. The molecule has 220 valence electrons. The summed E-state index contributed by atoms with van der Waals surface area (Å²) in [5.41, 5.74) is -1.25. The third-order valence-corrected chi connectivity index (χ3v) is 6.77. The number of hydrogen-bond donors (Lipinski definition) is 4. The molecule has 3 aromatic rings. The summed E-state index contributed by atoms with van der Waals surface area (Å²) in [6.07, 6.45) is 14.1. The highest BCUT2D eigenvalue weighted by Gasteiger charge is 2.40. The Morgan fingerprint density at radius 1 is 1.10 bits per heavy atom. The molecule has 0 saturated carbocycles. The molecule has 0 fully saturated rings. The van der Waals surface area contributed by atoms with E-state index in [2.05, 4.69) is 26.6 Å². The van der Waals surface area contributed by atoms with Gasteiger partial charge in [-0.05, 0) is 43.7 Å². The molecule has 12 heteroatoms. The number of hydrogen-bond acceptors (Lipinski definition) is 8. The average Bonchev–Trinajstić information content (AvgIpc) is 3.44. The zero-order chi connectivity index (χ0) is 29.8. The van der Waals surface area contributed by atoms with Gasteiger partial charge in [-0.1, -0.05) is 24.3 Å². The van der Waals surface area contributed by atoms with E-state index in [0.717, 1.165) is 44.5 Å². The number of para-hydroxylation sites is 1. The van der Waals surface area contributed by atoms with Crippen molar-refractivity contribution in [2.45, 2.75) is 57.2 Å². The Labute approximate surface area is 236 Å². The predicted molar refractivity (Wildman–Crippen MR) is 148 cm³/mol. The summed E-state index contributed by atoms with van der Waals surface area (Å²) in [5.74, 6) is -4.36. The molecule has 0 saturated heterocycles. The molecule has 0 bridgehead atoms. The molecule has 0 amide bonds. The van der Waals surface area contributed by atoms with E-state index in [1.807, 2.05) is 43.0 Å². The van der Waals surface area contributed by atoms with Crippen molar-refractivity contribution in [3.63, 3.8) is 0 Å². The number of carboxylic acid groups (broad SMARTS) is 3. The van der Waals surface area contributed by atoms with Gasteiger partial charge in [0.25, 0.3) is 0 Å². The third kappa shape index (κ3) is 9.69. The van der Waals surface area contributed by atoms with Crippen LogP contribution in [0.25, 0.3) is 11.0 Å². The van der Waals surface area contributed by atoms with Crippen molar-refractivity contribution in [3.05, 3.63) is 77.2 Å². The SMILES string of the molecule is O=C(O)CC(O)(CC(=O)O)C(=O)O.O=c1c(CN(CCCn2ccnc2)CC2CC=CCC2)coc2ccccc12. The van der Waals surface area contributed by atoms with Gasteiger partial charge < -0.3 is 29.4 Å². The highest BCUT2D eigenvalue weighted by molar-refractivity contribution is 5.88. The van der Waals surface area contributed by atoms with Crippen LogP contribution in [-0.4, -0.2) is 71.5 Å². The molecule has 1 unspecified atom stereocenters. The topological polar surface area (TPSA) is 183 Å². The van der Waals surface area contributed by atoms with Crippen LogP contribution in [0.5, 0.6) is 0 Å². The molecule has 0 aliphatic heterocycles. The molecule has 1 atom stereocenters. The van der Waals surface area contributed by atoms with E-state index in [-0.39, 0.29) is 5.43 Å². The number of aliphatic carboxylic acids is 3. The minimum absolute atomic E-state index is 0.0880. The van der Waals surface area contributed by atoms with E-state index in [1.165, 1.54) is 6.42 Å². The number of nitrogens with zero attached hydrogens (tertiary/aromatic N) is 3. The standard InChI is InChI=1S/C23H27N3O2.C6H8O7/c27-23-20(17-28-22-10-5-4-9-21(22)23)16-26(15-19-7-2-1-3-8-19)13-6-12-25-14-11-24-18-25;7-3(8)1-6(13,5(11)12)2-4(9)10/h1-2,4-5,9-11,14,17-19H,3,6-8,12-13,15-16H2;13H,1-2H2,(H,7,8)(H,9,10)(H,11,12). The maximum atomic E-state index is 12.9. The Morgan fingerprint density at radius 3 is 2.44 bits per heavy atom. The van der Waals surface area contributed by atoms with Gasteiger partial charge in [0.1, 0.15) is 5.58 Å². The lowest BCUT2D eigenvalue weighted by molar-refractivity contribution is -0.170. The molecule has 1 aliphatic rings. The van der Waals surface area contributed by atoms with E-state index in [4.69, 9.17) is 24.8 Å². The van der Waals surface area contributed by atoms with Gasteiger partial charge in [-0.25, -0.2) is 9.78 Å². The molecule has 2 heterocycles. The normalized spacial score (nSPS) is 14.9. The fourth-order valence-corrected chi connectivity index (χ4v) is 4.70. The zero-order valence-electron chi connectivity index (χ0n) is 22.6. The number of fused-ring (bicyclic) bond motifs is 1. The van der Waals surface area contributed by atoms with Gasteiger partial charge in [-0.2, -0.15) is 0 Å². The van der Waals surface area contributed by atoms with Crippen LogP contribution in [0.2, 0.25) is 0 Å². The van der Waals surface area contributed by atoms with Gasteiger partial charge >= 0.3 is 17.9 Å². The molecule has 1 aromatic carbocycles. The van der Waals surface area contributed by atoms with Gasteiger partial charge in [-0.3, -0.25) is 19.3 Å². The van der Waals surface area contributed by atoms with Gasteiger partial charge in [0.05, 0.1) is 30.8 Å². The number of rotatable bonds is 13. The molecule has 1 aliphatic carbocycles. The summed E-state index contributed by atoms with van der Waals surface area (Å²) >= 11 is 0. The Kier molecular flexibility index (Phi) is 11.4. The van der Waals surface area contributed by atoms with Crippen LogP contribution in [0.1, 0.15) is 44.1 Å². The Balaban J connectivity index is 0.000000302. The van der Waals surface area contributed by atoms with Crippen LogP contribution in [0.3, 0.4) is 0 Å². The lowest BCUT2D eigenvalue weighted by atomic mass is 9.93. The first-order valence-electron chi connectivity index (χ1n) is 13.3. The molecule has 0 radical (unpaired) electrons. The average molecular weight is 570 g/mol. The lowest BCUT2D eigenvalue weighted by Crippen LogP contribution is -2.42. The number of aryl methyl sites for hydroxylation is 1.